The minimum Gasteiger partial charge on any atom is -0.483 e. The van der Waals surface area contributed by atoms with E-state index in [1.807, 2.05) is 55.5 Å². The highest BCUT2D eigenvalue weighted by Gasteiger charge is 2.05. The van der Waals surface area contributed by atoms with Gasteiger partial charge < -0.3 is 10.1 Å². The highest BCUT2D eigenvalue weighted by Crippen LogP contribution is 2.22. The number of carbonyl (C=O) groups excluding carboxylic acids is 1. The second-order valence-corrected chi connectivity index (χ2v) is 5.03. The molecule has 2 rings (SSSR count). The molecule has 0 unspecified atom stereocenters. The van der Waals surface area contributed by atoms with Gasteiger partial charge in [0.15, 0.2) is 6.61 Å². The third kappa shape index (κ3) is 4.10. The van der Waals surface area contributed by atoms with Crippen molar-refractivity contribution in [1.82, 2.24) is 0 Å². The standard InChI is InChI=1S/C15H14BrNO2/c1-11-7-8-12(16)9-14(11)19-10-15(18)17-13-5-3-2-4-6-13/h2-9H,10H2,1H3,(H,17,18). The first-order chi connectivity index (χ1) is 9.15. The molecular weight excluding hydrogens is 306 g/mol. The molecule has 0 saturated carbocycles. The molecule has 2 aromatic rings. The van der Waals surface area contributed by atoms with Crippen LogP contribution in [0.4, 0.5) is 5.69 Å². The average Bonchev–Trinajstić information content (AvgIpc) is 2.41. The van der Waals surface area contributed by atoms with E-state index in [2.05, 4.69) is 21.2 Å². The van der Waals surface area contributed by atoms with E-state index in [9.17, 15) is 4.79 Å². The van der Waals surface area contributed by atoms with Gasteiger partial charge in [-0.15, -0.1) is 0 Å². The highest BCUT2D eigenvalue weighted by molar-refractivity contribution is 9.10. The first-order valence-corrected chi connectivity index (χ1v) is 6.68. The number of rotatable bonds is 4. The van der Waals surface area contributed by atoms with Gasteiger partial charge in [-0.2, -0.15) is 0 Å². The van der Waals surface area contributed by atoms with Crippen LogP contribution in [-0.4, -0.2) is 12.5 Å². The second-order valence-electron chi connectivity index (χ2n) is 4.11. The molecule has 19 heavy (non-hydrogen) atoms. The van der Waals surface area contributed by atoms with Crippen molar-refractivity contribution >= 4 is 27.5 Å². The number of aryl methyl sites for hydroxylation is 1. The average molecular weight is 320 g/mol. The quantitative estimate of drug-likeness (QED) is 0.931. The summed E-state index contributed by atoms with van der Waals surface area (Å²) in [6.07, 6.45) is 0. The number of nitrogens with one attached hydrogen (secondary N) is 1. The molecule has 0 saturated heterocycles. The summed E-state index contributed by atoms with van der Waals surface area (Å²) in [6, 6.07) is 15.0. The zero-order valence-corrected chi connectivity index (χ0v) is 12.1. The first-order valence-electron chi connectivity index (χ1n) is 5.89. The summed E-state index contributed by atoms with van der Waals surface area (Å²) in [5.74, 6) is 0.531. The van der Waals surface area contributed by atoms with Gasteiger partial charge in [0.1, 0.15) is 5.75 Å². The number of ether oxygens (including phenoxy) is 1. The van der Waals surface area contributed by atoms with Gasteiger partial charge in [-0.1, -0.05) is 40.2 Å². The van der Waals surface area contributed by atoms with E-state index in [1.54, 1.807) is 0 Å². The lowest BCUT2D eigenvalue weighted by Gasteiger charge is -2.10. The minimum absolute atomic E-state index is 0.00775. The molecule has 0 radical (unpaired) electrons. The Morgan fingerprint density at radius 3 is 2.68 bits per heavy atom. The number of carbonyl (C=O) groups is 1. The molecule has 0 aliphatic rings. The van der Waals surface area contributed by atoms with E-state index < -0.39 is 0 Å². The lowest BCUT2D eigenvalue weighted by Crippen LogP contribution is -2.20. The fraction of sp³-hybridized carbons (Fsp3) is 0.133. The summed E-state index contributed by atoms with van der Waals surface area (Å²) in [5, 5.41) is 2.77. The minimum atomic E-state index is -0.175. The predicted octanol–water partition coefficient (Wildman–Crippen LogP) is 3.78. The van der Waals surface area contributed by atoms with Crippen LogP contribution in [0.2, 0.25) is 0 Å². The lowest BCUT2D eigenvalue weighted by atomic mass is 10.2. The van der Waals surface area contributed by atoms with E-state index in [0.29, 0.717) is 5.75 Å². The van der Waals surface area contributed by atoms with Crippen LogP contribution in [0.15, 0.2) is 53.0 Å². The number of para-hydroxylation sites is 1. The molecule has 2 aromatic carbocycles. The summed E-state index contributed by atoms with van der Waals surface area (Å²) in [5.41, 5.74) is 1.76. The smallest absolute Gasteiger partial charge is 0.262 e. The molecule has 0 fully saturated rings. The Morgan fingerprint density at radius 2 is 1.95 bits per heavy atom. The Labute approximate surface area is 120 Å². The maximum atomic E-state index is 11.7. The topological polar surface area (TPSA) is 38.3 Å². The van der Waals surface area contributed by atoms with Crippen LogP contribution in [0, 0.1) is 6.92 Å². The van der Waals surface area contributed by atoms with E-state index in [1.165, 1.54) is 0 Å². The second kappa shape index (κ2) is 6.38. The van der Waals surface area contributed by atoms with Gasteiger partial charge in [0, 0.05) is 10.2 Å². The maximum Gasteiger partial charge on any atom is 0.262 e. The predicted molar refractivity (Wildman–Crippen MR) is 79.4 cm³/mol. The summed E-state index contributed by atoms with van der Waals surface area (Å²) >= 11 is 3.38. The highest BCUT2D eigenvalue weighted by atomic mass is 79.9. The normalized spacial score (nSPS) is 10.0. The van der Waals surface area contributed by atoms with Gasteiger partial charge in [0.2, 0.25) is 0 Å². The van der Waals surface area contributed by atoms with Crippen molar-refractivity contribution in [2.45, 2.75) is 6.92 Å². The number of anilines is 1. The van der Waals surface area contributed by atoms with Gasteiger partial charge in [0.05, 0.1) is 0 Å². The van der Waals surface area contributed by atoms with E-state index in [4.69, 9.17) is 4.74 Å². The molecule has 0 aliphatic carbocycles. The number of benzene rings is 2. The molecule has 0 spiro atoms. The van der Waals surface area contributed by atoms with Crippen molar-refractivity contribution in [3.05, 3.63) is 58.6 Å². The lowest BCUT2D eigenvalue weighted by molar-refractivity contribution is -0.118. The third-order valence-electron chi connectivity index (χ3n) is 2.57. The van der Waals surface area contributed by atoms with Crippen LogP contribution in [-0.2, 0) is 4.79 Å². The molecule has 0 atom stereocenters. The van der Waals surface area contributed by atoms with Crippen LogP contribution < -0.4 is 10.1 Å². The van der Waals surface area contributed by atoms with Crippen molar-refractivity contribution in [3.8, 4) is 5.75 Å². The van der Waals surface area contributed by atoms with E-state index in [0.717, 1.165) is 15.7 Å². The van der Waals surface area contributed by atoms with Crippen molar-refractivity contribution in [1.29, 1.82) is 0 Å². The fourth-order valence-corrected chi connectivity index (χ4v) is 1.93. The summed E-state index contributed by atoms with van der Waals surface area (Å²) in [7, 11) is 0. The summed E-state index contributed by atoms with van der Waals surface area (Å²) in [4.78, 5) is 11.7. The largest absolute Gasteiger partial charge is 0.483 e. The van der Waals surface area contributed by atoms with Gasteiger partial charge in [-0.25, -0.2) is 0 Å². The Balaban J connectivity index is 1.92. The monoisotopic (exact) mass is 319 g/mol. The summed E-state index contributed by atoms with van der Waals surface area (Å²) < 4.78 is 6.44. The Bertz CT molecular complexity index is 570. The maximum absolute atomic E-state index is 11.7. The van der Waals surface area contributed by atoms with Crippen LogP contribution >= 0.6 is 15.9 Å². The zero-order chi connectivity index (χ0) is 13.7. The SMILES string of the molecule is Cc1ccc(Br)cc1OCC(=O)Nc1ccccc1. The van der Waals surface area contributed by atoms with Crippen LogP contribution in [0.1, 0.15) is 5.56 Å². The Morgan fingerprint density at radius 1 is 1.21 bits per heavy atom. The summed E-state index contributed by atoms with van der Waals surface area (Å²) in [6.45, 7) is 1.93. The molecular formula is C15H14BrNO2. The first kappa shape index (κ1) is 13.6. The molecule has 0 heterocycles. The molecule has 98 valence electrons. The fourth-order valence-electron chi connectivity index (χ4n) is 1.59. The van der Waals surface area contributed by atoms with Crippen molar-refractivity contribution in [2.75, 3.05) is 11.9 Å². The van der Waals surface area contributed by atoms with Crippen molar-refractivity contribution in [3.63, 3.8) is 0 Å². The van der Waals surface area contributed by atoms with E-state index in [-0.39, 0.29) is 12.5 Å². The number of halogens is 1. The van der Waals surface area contributed by atoms with Crippen molar-refractivity contribution < 1.29 is 9.53 Å². The van der Waals surface area contributed by atoms with Crippen LogP contribution in [0.3, 0.4) is 0 Å². The molecule has 1 amide bonds. The van der Waals surface area contributed by atoms with Crippen molar-refractivity contribution in [2.24, 2.45) is 0 Å². The number of hydrogen-bond donors (Lipinski definition) is 1. The molecule has 0 aliphatic heterocycles. The molecule has 4 heteroatoms. The van der Waals surface area contributed by atoms with Crippen LogP contribution in [0.5, 0.6) is 5.75 Å². The molecule has 1 N–H and O–H groups in total. The van der Waals surface area contributed by atoms with Gasteiger partial charge >= 0.3 is 0 Å². The number of amides is 1. The molecule has 3 nitrogen and oxygen atoms in total. The van der Waals surface area contributed by atoms with Crippen LogP contribution in [0.25, 0.3) is 0 Å². The van der Waals surface area contributed by atoms with Gasteiger partial charge in [-0.3, -0.25) is 4.79 Å². The van der Waals surface area contributed by atoms with Gasteiger partial charge in [0.25, 0.3) is 5.91 Å². The number of hydrogen-bond acceptors (Lipinski definition) is 2. The Kier molecular flexibility index (Phi) is 4.58. The molecule has 0 aromatic heterocycles. The van der Waals surface area contributed by atoms with E-state index >= 15 is 0 Å². The van der Waals surface area contributed by atoms with Gasteiger partial charge in [-0.05, 0) is 36.8 Å². The zero-order valence-electron chi connectivity index (χ0n) is 10.5. The Hall–Kier alpha value is -1.81. The molecule has 0 bridgehead atoms. The third-order valence-corrected chi connectivity index (χ3v) is 3.06.